The van der Waals surface area contributed by atoms with Crippen LogP contribution in [0.4, 0.5) is 0 Å². The van der Waals surface area contributed by atoms with Crippen LogP contribution in [0.5, 0.6) is 0 Å². The number of carbonyl (C=O) groups excluding carboxylic acids is 1. The van der Waals surface area contributed by atoms with Crippen molar-refractivity contribution >= 4 is 5.91 Å². The minimum atomic E-state index is 0.190. The first-order chi connectivity index (χ1) is 8.31. The van der Waals surface area contributed by atoms with Gasteiger partial charge in [0.1, 0.15) is 0 Å². The molecule has 0 aliphatic carbocycles. The molecule has 17 heavy (non-hydrogen) atoms. The maximum atomic E-state index is 12.0. The number of amides is 1. The van der Waals surface area contributed by atoms with Crippen LogP contribution in [0.25, 0.3) is 0 Å². The van der Waals surface area contributed by atoms with Crippen LogP contribution in [0.3, 0.4) is 0 Å². The van der Waals surface area contributed by atoms with E-state index >= 15 is 0 Å². The average Bonchev–Trinajstić information content (AvgIpc) is 2.94. The Bertz CT molecular complexity index is 336. The molecule has 2 nitrogen and oxygen atoms in total. The van der Waals surface area contributed by atoms with Gasteiger partial charge in [0.25, 0.3) is 5.91 Å². The van der Waals surface area contributed by atoms with Gasteiger partial charge in [-0.05, 0) is 37.0 Å². The van der Waals surface area contributed by atoms with E-state index in [2.05, 4.69) is 6.92 Å². The average molecular weight is 233 g/mol. The molecule has 1 amide bonds. The Morgan fingerprint density at radius 1 is 1.12 bits per heavy atom. The van der Waals surface area contributed by atoms with Crippen molar-refractivity contribution in [2.75, 3.05) is 13.1 Å². The van der Waals surface area contributed by atoms with Gasteiger partial charge in [-0.15, -0.1) is 0 Å². The summed E-state index contributed by atoms with van der Waals surface area (Å²) in [5.74, 6) is 0.190. The van der Waals surface area contributed by atoms with E-state index in [4.69, 9.17) is 0 Å². The van der Waals surface area contributed by atoms with E-state index in [-0.39, 0.29) is 5.91 Å². The van der Waals surface area contributed by atoms with Crippen molar-refractivity contribution in [3.05, 3.63) is 35.4 Å². The van der Waals surface area contributed by atoms with Gasteiger partial charge in [-0.1, -0.05) is 32.9 Å². The van der Waals surface area contributed by atoms with Crippen LogP contribution in [0.2, 0.25) is 0 Å². The smallest absolute Gasteiger partial charge is 0.253 e. The maximum Gasteiger partial charge on any atom is 0.253 e. The number of likely N-dealkylation sites (tertiary alicyclic amines) is 1. The fraction of sp³-hybridized carbons (Fsp3) is 0.533. The van der Waals surface area contributed by atoms with Crippen LogP contribution in [-0.4, -0.2) is 23.9 Å². The summed E-state index contributed by atoms with van der Waals surface area (Å²) in [5.41, 5.74) is 2.11. The van der Waals surface area contributed by atoms with Gasteiger partial charge in [-0.25, -0.2) is 0 Å². The zero-order valence-corrected chi connectivity index (χ0v) is 11.2. The molecule has 94 valence electrons. The number of aryl methyl sites for hydroxylation is 1. The van der Waals surface area contributed by atoms with Gasteiger partial charge in [-0.3, -0.25) is 4.79 Å². The summed E-state index contributed by atoms with van der Waals surface area (Å²) >= 11 is 0. The van der Waals surface area contributed by atoms with E-state index in [0.29, 0.717) is 0 Å². The van der Waals surface area contributed by atoms with Gasteiger partial charge in [-0.2, -0.15) is 0 Å². The molecule has 0 aromatic heterocycles. The molecule has 0 atom stereocenters. The van der Waals surface area contributed by atoms with E-state index < -0.39 is 0 Å². The van der Waals surface area contributed by atoms with Gasteiger partial charge in [0.15, 0.2) is 0 Å². The zero-order chi connectivity index (χ0) is 12.7. The van der Waals surface area contributed by atoms with Gasteiger partial charge in [0, 0.05) is 18.7 Å². The fourth-order valence-corrected chi connectivity index (χ4v) is 1.99. The van der Waals surface area contributed by atoms with Crippen LogP contribution in [0, 0.1) is 0 Å². The van der Waals surface area contributed by atoms with E-state index in [0.717, 1.165) is 37.9 Å². The Morgan fingerprint density at radius 2 is 1.65 bits per heavy atom. The molecule has 1 aliphatic rings. The van der Waals surface area contributed by atoms with Gasteiger partial charge >= 0.3 is 0 Å². The van der Waals surface area contributed by atoms with Crippen LogP contribution in [0.1, 0.15) is 49.5 Å². The molecule has 1 aromatic rings. The lowest BCUT2D eigenvalue weighted by molar-refractivity contribution is 0.0793. The quantitative estimate of drug-likeness (QED) is 0.765. The highest BCUT2D eigenvalue weighted by Gasteiger charge is 2.18. The third-order valence-electron chi connectivity index (χ3n) is 3.00. The molecular formula is C15H23NO. The lowest BCUT2D eigenvalue weighted by Crippen LogP contribution is -2.27. The molecule has 0 bridgehead atoms. The second-order valence-corrected chi connectivity index (χ2v) is 4.05. The summed E-state index contributed by atoms with van der Waals surface area (Å²) < 4.78 is 0. The predicted octanol–water partition coefficient (Wildman–Crippen LogP) is 3.51. The summed E-state index contributed by atoms with van der Waals surface area (Å²) in [6, 6.07) is 7.98. The van der Waals surface area contributed by atoms with Crippen LogP contribution in [-0.2, 0) is 6.42 Å². The van der Waals surface area contributed by atoms with Crippen LogP contribution in [0.15, 0.2) is 24.3 Å². The Kier molecular flexibility index (Phi) is 5.75. The fourth-order valence-electron chi connectivity index (χ4n) is 1.99. The number of carbonyl (C=O) groups is 1. The van der Waals surface area contributed by atoms with Crippen molar-refractivity contribution in [1.29, 1.82) is 0 Å². The molecule has 1 saturated heterocycles. The predicted molar refractivity (Wildman–Crippen MR) is 72.3 cm³/mol. The van der Waals surface area contributed by atoms with Crippen LogP contribution < -0.4 is 0 Å². The van der Waals surface area contributed by atoms with E-state index in [1.807, 2.05) is 43.0 Å². The van der Waals surface area contributed by atoms with Crippen molar-refractivity contribution in [2.45, 2.75) is 40.0 Å². The molecule has 1 heterocycles. The Balaban J connectivity index is 0.000000686. The summed E-state index contributed by atoms with van der Waals surface area (Å²) in [4.78, 5) is 13.9. The topological polar surface area (TPSA) is 20.3 Å². The van der Waals surface area contributed by atoms with Crippen molar-refractivity contribution in [3.63, 3.8) is 0 Å². The van der Waals surface area contributed by atoms with Crippen molar-refractivity contribution < 1.29 is 4.79 Å². The Labute approximate surface area is 105 Å². The van der Waals surface area contributed by atoms with E-state index in [1.165, 1.54) is 5.56 Å². The molecule has 2 rings (SSSR count). The standard InChI is InChI=1S/C13H17NO.C2H6/c1-2-11-5-7-12(8-6-11)13(15)14-9-3-4-10-14;1-2/h5-8H,2-4,9-10H2,1H3;1-2H3. The molecule has 1 aromatic carbocycles. The van der Waals surface area contributed by atoms with Crippen LogP contribution >= 0.6 is 0 Å². The number of hydrogen-bond donors (Lipinski definition) is 0. The summed E-state index contributed by atoms with van der Waals surface area (Å²) in [5, 5.41) is 0. The second kappa shape index (κ2) is 7.10. The summed E-state index contributed by atoms with van der Waals surface area (Å²) in [6.07, 6.45) is 3.33. The molecule has 0 unspecified atom stereocenters. The minimum absolute atomic E-state index is 0.190. The highest BCUT2D eigenvalue weighted by Crippen LogP contribution is 2.13. The monoisotopic (exact) mass is 233 g/mol. The van der Waals surface area contributed by atoms with Crippen molar-refractivity contribution in [1.82, 2.24) is 4.90 Å². The number of hydrogen-bond acceptors (Lipinski definition) is 1. The minimum Gasteiger partial charge on any atom is -0.339 e. The van der Waals surface area contributed by atoms with Gasteiger partial charge in [0.05, 0.1) is 0 Å². The lowest BCUT2D eigenvalue weighted by atomic mass is 10.1. The third kappa shape index (κ3) is 3.58. The zero-order valence-electron chi connectivity index (χ0n) is 11.2. The SMILES string of the molecule is CC.CCc1ccc(C(=O)N2CCCC2)cc1. The maximum absolute atomic E-state index is 12.0. The first-order valence-corrected chi connectivity index (χ1v) is 6.69. The molecule has 0 radical (unpaired) electrons. The summed E-state index contributed by atoms with van der Waals surface area (Å²) in [7, 11) is 0. The van der Waals surface area contributed by atoms with Gasteiger partial charge in [0.2, 0.25) is 0 Å². The van der Waals surface area contributed by atoms with Gasteiger partial charge < -0.3 is 4.90 Å². The second-order valence-electron chi connectivity index (χ2n) is 4.05. The Morgan fingerprint density at radius 3 is 2.12 bits per heavy atom. The first-order valence-electron chi connectivity index (χ1n) is 6.69. The Hall–Kier alpha value is -1.31. The number of nitrogens with zero attached hydrogens (tertiary/aromatic N) is 1. The first kappa shape index (κ1) is 13.8. The van der Waals surface area contributed by atoms with E-state index in [1.54, 1.807) is 0 Å². The lowest BCUT2D eigenvalue weighted by Gasteiger charge is -2.15. The largest absolute Gasteiger partial charge is 0.339 e. The molecular weight excluding hydrogens is 210 g/mol. The molecule has 0 N–H and O–H groups in total. The van der Waals surface area contributed by atoms with Crippen molar-refractivity contribution in [3.8, 4) is 0 Å². The molecule has 1 aliphatic heterocycles. The highest BCUT2D eigenvalue weighted by molar-refractivity contribution is 5.94. The molecule has 1 fully saturated rings. The van der Waals surface area contributed by atoms with E-state index in [9.17, 15) is 4.79 Å². The third-order valence-corrected chi connectivity index (χ3v) is 3.00. The molecule has 0 spiro atoms. The molecule has 2 heteroatoms. The number of benzene rings is 1. The van der Waals surface area contributed by atoms with Crippen molar-refractivity contribution in [2.24, 2.45) is 0 Å². The summed E-state index contributed by atoms with van der Waals surface area (Å²) in [6.45, 7) is 7.97. The normalized spacial score (nSPS) is 14.2. The number of rotatable bonds is 2. The highest BCUT2D eigenvalue weighted by atomic mass is 16.2. The molecule has 0 saturated carbocycles.